The van der Waals surface area contributed by atoms with Crippen molar-refractivity contribution in [2.45, 2.75) is 19.4 Å². The van der Waals surface area contributed by atoms with Crippen molar-refractivity contribution in [3.05, 3.63) is 40.7 Å². The molecule has 0 saturated carbocycles. The summed E-state index contributed by atoms with van der Waals surface area (Å²) in [6, 6.07) is 2.61. The number of methoxy groups -OCH3 is 1. The number of aryl methyl sites for hydroxylation is 1. The number of nitrogens with zero attached hydrogens (tertiary/aromatic N) is 1. The lowest BCUT2D eigenvalue weighted by atomic mass is 10.2. The molecule has 2 amide bonds. The van der Waals surface area contributed by atoms with Crippen LogP contribution in [-0.4, -0.2) is 37.5 Å². The summed E-state index contributed by atoms with van der Waals surface area (Å²) in [5.41, 5.74) is 0.735. The molecular weight excluding hydrogens is 332 g/mol. The number of furan rings is 1. The highest BCUT2D eigenvalue weighted by Crippen LogP contribution is 2.31. The number of amides is 2. The van der Waals surface area contributed by atoms with Crippen LogP contribution in [-0.2, 0) is 9.53 Å². The number of carbonyl (C=O) groups excluding carboxylic acids is 3. The van der Waals surface area contributed by atoms with E-state index in [2.05, 4.69) is 5.32 Å². The van der Waals surface area contributed by atoms with Gasteiger partial charge in [-0.25, -0.2) is 4.79 Å². The minimum atomic E-state index is -0.625. The lowest BCUT2D eigenvalue weighted by molar-refractivity contribution is -0.118. The van der Waals surface area contributed by atoms with Gasteiger partial charge in [0.25, 0.3) is 5.91 Å². The lowest BCUT2D eigenvalue weighted by Crippen LogP contribution is -2.41. The van der Waals surface area contributed by atoms with Crippen LogP contribution in [0.15, 0.2) is 28.2 Å². The molecule has 1 N–H and O–H groups in total. The highest BCUT2D eigenvalue weighted by atomic mass is 32.1. The Balaban J connectivity index is 1.73. The molecule has 0 radical (unpaired) electrons. The van der Waals surface area contributed by atoms with Crippen LogP contribution in [0.5, 0.6) is 0 Å². The van der Waals surface area contributed by atoms with Crippen molar-refractivity contribution in [2.75, 3.05) is 18.6 Å². The van der Waals surface area contributed by atoms with Gasteiger partial charge in [-0.2, -0.15) is 0 Å². The molecule has 1 aliphatic heterocycles. The first-order valence-corrected chi connectivity index (χ1v) is 8.22. The molecule has 1 fully saturated rings. The number of hydrogen-bond acceptors (Lipinski definition) is 6. The molecule has 7 nitrogen and oxygen atoms in total. The van der Waals surface area contributed by atoms with E-state index in [0.29, 0.717) is 34.9 Å². The fourth-order valence-electron chi connectivity index (χ4n) is 2.60. The molecule has 1 saturated heterocycles. The number of hydrogen-bond donors (Lipinski definition) is 1. The van der Waals surface area contributed by atoms with Gasteiger partial charge in [0, 0.05) is 6.54 Å². The Morgan fingerprint density at radius 3 is 2.92 bits per heavy atom. The van der Waals surface area contributed by atoms with E-state index < -0.39 is 12.0 Å². The zero-order chi connectivity index (χ0) is 17.3. The Hall–Kier alpha value is -2.61. The van der Waals surface area contributed by atoms with Gasteiger partial charge in [0.05, 0.1) is 18.2 Å². The minimum absolute atomic E-state index is 0.240. The molecule has 0 aromatic carbocycles. The smallest absolute Gasteiger partial charge is 0.340 e. The van der Waals surface area contributed by atoms with Gasteiger partial charge in [0.2, 0.25) is 5.91 Å². The number of rotatable bonds is 4. The fraction of sp³-hybridized carbons (Fsp3) is 0.312. The van der Waals surface area contributed by atoms with Crippen LogP contribution in [0.4, 0.5) is 5.00 Å². The number of esters is 1. The molecule has 0 bridgehead atoms. The van der Waals surface area contributed by atoms with Crippen molar-refractivity contribution in [2.24, 2.45) is 0 Å². The molecule has 3 heterocycles. The maximum Gasteiger partial charge on any atom is 0.340 e. The number of carbonyl (C=O) groups is 3. The van der Waals surface area contributed by atoms with Gasteiger partial charge in [-0.3, -0.25) is 9.59 Å². The van der Waals surface area contributed by atoms with E-state index in [4.69, 9.17) is 9.15 Å². The Labute approximate surface area is 142 Å². The third kappa shape index (κ3) is 2.92. The van der Waals surface area contributed by atoms with Gasteiger partial charge in [0.1, 0.15) is 23.1 Å². The van der Waals surface area contributed by atoms with E-state index in [1.54, 1.807) is 24.4 Å². The molecule has 126 valence electrons. The van der Waals surface area contributed by atoms with E-state index in [9.17, 15) is 14.4 Å². The van der Waals surface area contributed by atoms with Crippen LogP contribution < -0.4 is 10.2 Å². The van der Waals surface area contributed by atoms with Crippen molar-refractivity contribution in [3.8, 4) is 0 Å². The number of nitrogens with one attached hydrogen (secondary N) is 1. The molecular formula is C16H16N2O5S. The summed E-state index contributed by atoms with van der Waals surface area (Å²) in [7, 11) is 1.30. The standard InChI is InChI=1S/C16H16N2O5S/c1-9-7-10(8-23-9)13(19)17-12-3-5-18(14(12)20)15-11(4-6-24-15)16(21)22-2/h4,6-8,12H,3,5H2,1-2H3,(H,17,19)/t12-/m0/s1. The third-order valence-electron chi connectivity index (χ3n) is 3.80. The molecule has 0 unspecified atom stereocenters. The van der Waals surface area contributed by atoms with E-state index in [0.717, 1.165) is 0 Å². The van der Waals surface area contributed by atoms with E-state index >= 15 is 0 Å². The van der Waals surface area contributed by atoms with Gasteiger partial charge in [-0.1, -0.05) is 0 Å². The Kier molecular flexibility index (Phi) is 4.39. The maximum atomic E-state index is 12.6. The van der Waals surface area contributed by atoms with E-state index in [1.165, 1.54) is 29.6 Å². The number of anilines is 1. The number of thiophene rings is 1. The summed E-state index contributed by atoms with van der Waals surface area (Å²) in [4.78, 5) is 38.0. The molecule has 3 rings (SSSR count). The largest absolute Gasteiger partial charge is 0.469 e. The first-order chi connectivity index (χ1) is 11.5. The Morgan fingerprint density at radius 1 is 1.46 bits per heavy atom. The summed E-state index contributed by atoms with van der Waals surface area (Å²) in [5.74, 6) is -0.455. The van der Waals surface area contributed by atoms with E-state index in [1.807, 2.05) is 0 Å². The normalized spacial score (nSPS) is 17.2. The van der Waals surface area contributed by atoms with Gasteiger partial charge in [-0.15, -0.1) is 11.3 Å². The predicted molar refractivity (Wildman–Crippen MR) is 87.3 cm³/mol. The molecule has 24 heavy (non-hydrogen) atoms. The lowest BCUT2D eigenvalue weighted by Gasteiger charge is -2.16. The average molecular weight is 348 g/mol. The fourth-order valence-corrected chi connectivity index (χ4v) is 3.52. The van der Waals surface area contributed by atoms with Crippen LogP contribution in [0.1, 0.15) is 32.9 Å². The quantitative estimate of drug-likeness (QED) is 0.854. The molecule has 2 aromatic rings. The molecule has 0 aliphatic carbocycles. The van der Waals surface area contributed by atoms with E-state index in [-0.39, 0.29) is 11.8 Å². The SMILES string of the molecule is COC(=O)c1ccsc1N1CC[C@H](NC(=O)c2coc(C)c2)C1=O. The van der Waals surface area contributed by atoms with Crippen molar-refractivity contribution in [1.29, 1.82) is 0 Å². The molecule has 0 spiro atoms. The summed E-state index contributed by atoms with van der Waals surface area (Å²) in [5, 5.41) is 4.99. The molecule has 1 aliphatic rings. The summed E-state index contributed by atoms with van der Waals surface area (Å²) < 4.78 is 9.84. The first-order valence-electron chi connectivity index (χ1n) is 7.34. The first kappa shape index (κ1) is 16.3. The van der Waals surface area contributed by atoms with Gasteiger partial charge >= 0.3 is 5.97 Å². The number of ether oxygens (including phenoxy) is 1. The van der Waals surface area contributed by atoms with Crippen LogP contribution in [0.3, 0.4) is 0 Å². The second kappa shape index (κ2) is 6.48. The molecule has 1 atom stereocenters. The second-order valence-electron chi connectivity index (χ2n) is 5.38. The zero-order valence-corrected chi connectivity index (χ0v) is 14.0. The average Bonchev–Trinajstić information content (AvgIpc) is 3.28. The summed E-state index contributed by atoms with van der Waals surface area (Å²) in [6.07, 6.45) is 1.83. The van der Waals surface area contributed by atoms with Crippen molar-refractivity contribution < 1.29 is 23.5 Å². The molecule has 2 aromatic heterocycles. The van der Waals surface area contributed by atoms with Crippen molar-refractivity contribution in [1.82, 2.24) is 5.32 Å². The maximum absolute atomic E-state index is 12.6. The minimum Gasteiger partial charge on any atom is -0.469 e. The topological polar surface area (TPSA) is 88.8 Å². The van der Waals surface area contributed by atoms with Crippen LogP contribution in [0.25, 0.3) is 0 Å². The van der Waals surface area contributed by atoms with Crippen LogP contribution >= 0.6 is 11.3 Å². The Bertz CT molecular complexity index is 794. The molecule has 8 heteroatoms. The Morgan fingerprint density at radius 2 is 2.25 bits per heavy atom. The zero-order valence-electron chi connectivity index (χ0n) is 13.2. The highest BCUT2D eigenvalue weighted by Gasteiger charge is 2.36. The third-order valence-corrected chi connectivity index (χ3v) is 4.73. The van der Waals surface area contributed by atoms with Crippen LogP contribution in [0, 0.1) is 6.92 Å². The van der Waals surface area contributed by atoms with Crippen molar-refractivity contribution in [3.63, 3.8) is 0 Å². The predicted octanol–water partition coefficient (Wildman–Crippen LogP) is 1.97. The van der Waals surface area contributed by atoms with Crippen molar-refractivity contribution >= 4 is 34.1 Å². The van der Waals surface area contributed by atoms with Crippen LogP contribution in [0.2, 0.25) is 0 Å². The second-order valence-corrected chi connectivity index (χ2v) is 6.28. The summed E-state index contributed by atoms with van der Waals surface area (Å²) >= 11 is 1.29. The monoisotopic (exact) mass is 348 g/mol. The summed E-state index contributed by atoms with van der Waals surface area (Å²) in [6.45, 7) is 2.17. The van der Waals surface area contributed by atoms with Gasteiger partial charge in [-0.05, 0) is 30.9 Å². The van der Waals surface area contributed by atoms with Gasteiger partial charge in [0.15, 0.2) is 0 Å². The van der Waals surface area contributed by atoms with Gasteiger partial charge < -0.3 is 19.4 Å². The highest BCUT2D eigenvalue weighted by molar-refractivity contribution is 7.14.